The molecule has 2 aromatic rings. The summed E-state index contributed by atoms with van der Waals surface area (Å²) in [7, 11) is 0. The normalized spacial score (nSPS) is 18.7. The second-order valence-electron chi connectivity index (χ2n) is 9.20. The van der Waals surface area contributed by atoms with Crippen molar-refractivity contribution in [2.45, 2.75) is 51.0 Å². The van der Waals surface area contributed by atoms with Crippen LogP contribution in [0, 0.1) is 5.92 Å². The van der Waals surface area contributed by atoms with Crippen molar-refractivity contribution in [3.63, 3.8) is 0 Å². The number of carboxylic acids is 1. The molecule has 34 heavy (non-hydrogen) atoms. The van der Waals surface area contributed by atoms with Gasteiger partial charge in [-0.05, 0) is 35.1 Å². The number of nitrogens with zero attached hydrogens (tertiary/aromatic N) is 1. The molecule has 2 amide bonds. The van der Waals surface area contributed by atoms with Gasteiger partial charge in [-0.15, -0.1) is 0 Å². The molecule has 1 aliphatic heterocycles. The fourth-order valence-electron chi connectivity index (χ4n) is 5.06. The first-order valence-electron chi connectivity index (χ1n) is 12.1. The predicted octanol–water partition coefficient (Wildman–Crippen LogP) is 4.41. The molecule has 1 fully saturated rings. The van der Waals surface area contributed by atoms with Gasteiger partial charge in [0.25, 0.3) is 0 Å². The van der Waals surface area contributed by atoms with Crippen LogP contribution in [0.25, 0.3) is 11.1 Å². The van der Waals surface area contributed by atoms with Crippen LogP contribution in [0.5, 0.6) is 0 Å². The fraction of sp³-hybridized carbons (Fsp3) is 0.444. The summed E-state index contributed by atoms with van der Waals surface area (Å²) in [5.74, 6) is -1.78. The Morgan fingerprint density at radius 1 is 1.00 bits per heavy atom. The van der Waals surface area contributed by atoms with E-state index in [4.69, 9.17) is 4.74 Å². The molecule has 2 atom stereocenters. The molecule has 2 aromatic carbocycles. The van der Waals surface area contributed by atoms with E-state index < -0.39 is 24.0 Å². The molecule has 4 rings (SSSR count). The first kappa shape index (κ1) is 23.8. The number of rotatable bonds is 6. The van der Waals surface area contributed by atoms with Crippen LogP contribution in [0.2, 0.25) is 0 Å². The number of ether oxygens (including phenoxy) is 1. The van der Waals surface area contributed by atoms with E-state index in [1.54, 1.807) is 6.92 Å². The highest BCUT2D eigenvalue weighted by Crippen LogP contribution is 2.44. The van der Waals surface area contributed by atoms with Crippen molar-refractivity contribution in [3.05, 3.63) is 59.7 Å². The third-order valence-corrected chi connectivity index (χ3v) is 6.89. The summed E-state index contributed by atoms with van der Waals surface area (Å²) < 4.78 is 5.54. The number of alkyl carbamates (subject to hydrolysis) is 1. The number of aliphatic carboxylic acids is 1. The number of fused-ring (bicyclic) bond motifs is 3. The Bertz CT molecular complexity index is 1010. The number of likely N-dealkylation sites (tertiary alicyclic amines) is 1. The molecule has 7 heteroatoms. The molecule has 2 N–H and O–H groups in total. The average molecular weight is 465 g/mol. The zero-order valence-corrected chi connectivity index (χ0v) is 19.5. The molecule has 1 heterocycles. The number of carboxylic acid groups (broad SMARTS) is 1. The van der Waals surface area contributed by atoms with Crippen LogP contribution in [-0.4, -0.2) is 53.7 Å². The molecule has 7 nitrogen and oxygen atoms in total. The number of amides is 2. The molecule has 0 spiro atoms. The van der Waals surface area contributed by atoms with Crippen molar-refractivity contribution in [1.82, 2.24) is 10.2 Å². The maximum Gasteiger partial charge on any atom is 0.407 e. The van der Waals surface area contributed by atoms with E-state index in [0.717, 1.165) is 47.9 Å². The van der Waals surface area contributed by atoms with Crippen molar-refractivity contribution in [1.29, 1.82) is 0 Å². The fourth-order valence-corrected chi connectivity index (χ4v) is 5.06. The van der Waals surface area contributed by atoms with E-state index in [9.17, 15) is 19.5 Å². The van der Waals surface area contributed by atoms with Crippen LogP contribution >= 0.6 is 0 Å². The number of nitrogens with one attached hydrogen (secondary N) is 1. The monoisotopic (exact) mass is 464 g/mol. The third kappa shape index (κ3) is 5.08. The molecule has 0 aromatic heterocycles. The maximum absolute atomic E-state index is 13.0. The first-order valence-corrected chi connectivity index (χ1v) is 12.1. The van der Waals surface area contributed by atoms with Crippen molar-refractivity contribution in [3.8, 4) is 11.1 Å². The van der Waals surface area contributed by atoms with Crippen LogP contribution < -0.4 is 5.32 Å². The van der Waals surface area contributed by atoms with E-state index in [2.05, 4.69) is 29.6 Å². The van der Waals surface area contributed by atoms with Gasteiger partial charge in [-0.3, -0.25) is 4.79 Å². The molecule has 1 aliphatic carbocycles. The Balaban J connectivity index is 1.32. The first-order chi connectivity index (χ1) is 16.5. The Hall–Kier alpha value is -3.35. The lowest BCUT2D eigenvalue weighted by atomic mass is 9.98. The summed E-state index contributed by atoms with van der Waals surface area (Å²) in [6.07, 6.45) is 3.46. The van der Waals surface area contributed by atoms with E-state index in [1.165, 1.54) is 4.90 Å². The maximum atomic E-state index is 13.0. The largest absolute Gasteiger partial charge is 0.480 e. The molecule has 0 radical (unpaired) electrons. The highest BCUT2D eigenvalue weighted by atomic mass is 16.5. The number of hydrogen-bond acceptors (Lipinski definition) is 4. The van der Waals surface area contributed by atoms with Crippen LogP contribution in [-0.2, 0) is 14.3 Å². The van der Waals surface area contributed by atoms with E-state index in [-0.39, 0.29) is 25.0 Å². The van der Waals surface area contributed by atoms with Crippen molar-refractivity contribution < 1.29 is 24.2 Å². The quantitative estimate of drug-likeness (QED) is 0.660. The molecule has 1 saturated heterocycles. The average Bonchev–Trinajstić information content (AvgIpc) is 3.14. The standard InChI is InChI=1S/C27H32N2O5/c1-18(25(30)29-15-9-3-2-4-14-24(29)26(31)32)16-28-27(33)34-17-23-21-12-7-5-10-19(21)20-11-6-8-13-22(20)23/h5-8,10-13,18,23-24H,2-4,9,14-17H2,1H3,(H,28,33)(H,31,32). The second kappa shape index (κ2) is 10.7. The van der Waals surface area contributed by atoms with E-state index in [1.807, 2.05) is 24.3 Å². The summed E-state index contributed by atoms with van der Waals surface area (Å²) in [4.78, 5) is 38.7. The Kier molecular flexibility index (Phi) is 7.50. The number of benzene rings is 2. The van der Waals surface area contributed by atoms with Gasteiger partial charge in [0, 0.05) is 19.0 Å². The van der Waals surface area contributed by atoms with Gasteiger partial charge in [-0.2, -0.15) is 0 Å². The van der Waals surface area contributed by atoms with Gasteiger partial charge in [0.1, 0.15) is 12.6 Å². The highest BCUT2D eigenvalue weighted by molar-refractivity contribution is 5.85. The lowest BCUT2D eigenvalue weighted by Gasteiger charge is -2.33. The molecule has 2 unspecified atom stereocenters. The zero-order valence-electron chi connectivity index (χ0n) is 19.5. The van der Waals surface area contributed by atoms with Crippen molar-refractivity contribution in [2.24, 2.45) is 5.92 Å². The summed E-state index contributed by atoms with van der Waals surface area (Å²) in [6, 6.07) is 15.5. The molecular formula is C27H32N2O5. The van der Waals surface area contributed by atoms with Gasteiger partial charge in [-0.25, -0.2) is 9.59 Å². The van der Waals surface area contributed by atoms with Gasteiger partial charge in [0.05, 0.1) is 5.92 Å². The van der Waals surface area contributed by atoms with Crippen molar-refractivity contribution in [2.75, 3.05) is 19.7 Å². The van der Waals surface area contributed by atoms with Crippen LogP contribution in [0.4, 0.5) is 4.79 Å². The predicted molar refractivity (Wildman–Crippen MR) is 128 cm³/mol. The number of carbonyl (C=O) groups excluding carboxylic acids is 2. The Morgan fingerprint density at radius 3 is 2.26 bits per heavy atom. The zero-order chi connectivity index (χ0) is 24.1. The van der Waals surface area contributed by atoms with Gasteiger partial charge >= 0.3 is 12.1 Å². The van der Waals surface area contributed by atoms with Gasteiger partial charge in [0.15, 0.2) is 0 Å². The topological polar surface area (TPSA) is 95.9 Å². The van der Waals surface area contributed by atoms with Gasteiger partial charge in [0.2, 0.25) is 5.91 Å². The van der Waals surface area contributed by atoms with Gasteiger partial charge < -0.3 is 20.1 Å². The van der Waals surface area contributed by atoms with E-state index in [0.29, 0.717) is 13.0 Å². The summed E-state index contributed by atoms with van der Waals surface area (Å²) >= 11 is 0. The summed E-state index contributed by atoms with van der Waals surface area (Å²) in [5.41, 5.74) is 4.59. The Labute approximate surface area is 200 Å². The van der Waals surface area contributed by atoms with E-state index >= 15 is 0 Å². The highest BCUT2D eigenvalue weighted by Gasteiger charge is 2.33. The number of carbonyl (C=O) groups is 3. The minimum absolute atomic E-state index is 0.0328. The lowest BCUT2D eigenvalue weighted by molar-refractivity contribution is -0.152. The number of hydrogen-bond donors (Lipinski definition) is 2. The molecule has 180 valence electrons. The van der Waals surface area contributed by atoms with Crippen LogP contribution in [0.1, 0.15) is 56.1 Å². The SMILES string of the molecule is CC(CNC(=O)OCC1c2ccccc2-c2ccccc21)C(=O)N1CCCCCCC1C(=O)O. The van der Waals surface area contributed by atoms with Crippen molar-refractivity contribution >= 4 is 18.0 Å². The minimum atomic E-state index is -0.966. The smallest absolute Gasteiger partial charge is 0.407 e. The lowest BCUT2D eigenvalue weighted by Crippen LogP contribution is -2.49. The van der Waals surface area contributed by atoms with Crippen LogP contribution in [0.15, 0.2) is 48.5 Å². The molecular weight excluding hydrogens is 432 g/mol. The molecule has 0 bridgehead atoms. The van der Waals surface area contributed by atoms with Gasteiger partial charge in [-0.1, -0.05) is 74.7 Å². The Morgan fingerprint density at radius 2 is 1.62 bits per heavy atom. The second-order valence-corrected chi connectivity index (χ2v) is 9.20. The summed E-state index contributed by atoms with van der Waals surface area (Å²) in [6.45, 7) is 2.45. The third-order valence-electron chi connectivity index (χ3n) is 6.89. The van der Waals surface area contributed by atoms with Crippen LogP contribution in [0.3, 0.4) is 0 Å². The summed E-state index contributed by atoms with van der Waals surface area (Å²) in [5, 5.41) is 12.3. The molecule has 0 saturated carbocycles. The molecule has 2 aliphatic rings. The minimum Gasteiger partial charge on any atom is -0.480 e.